The highest BCUT2D eigenvalue weighted by atomic mass is 79.9. The lowest BCUT2D eigenvalue weighted by Crippen LogP contribution is -2.17. The van der Waals surface area contributed by atoms with Gasteiger partial charge in [-0.15, -0.1) is 0 Å². The van der Waals surface area contributed by atoms with Gasteiger partial charge in [-0.05, 0) is 42.5 Å². The number of carbonyl (C=O) groups excluding carboxylic acids is 1. The summed E-state index contributed by atoms with van der Waals surface area (Å²) in [4.78, 5) is 11.6. The minimum Gasteiger partial charge on any atom is -0.385 e. The maximum absolute atomic E-state index is 10.1. The molecule has 1 aliphatic rings. The standard InChI is InChI=1S/C11H19BrO.C4H9NO/c1-13-9-5-4-7-10-6-2-3-8-11(10)12;1-4(6)5(2)3/h8,10H,2-7,9H2,1H3;1-3H3/t10-;/m1./s1. The average Bonchev–Trinajstić information content (AvgIpc) is 2.37. The number of methoxy groups -OCH3 is 1. The van der Waals surface area contributed by atoms with Gasteiger partial charge in [0.25, 0.3) is 0 Å². The summed E-state index contributed by atoms with van der Waals surface area (Å²) in [6.45, 7) is 2.44. The zero-order valence-electron chi connectivity index (χ0n) is 12.7. The van der Waals surface area contributed by atoms with Gasteiger partial charge in [-0.3, -0.25) is 4.79 Å². The average molecular weight is 334 g/mol. The lowest BCUT2D eigenvalue weighted by atomic mass is 9.91. The van der Waals surface area contributed by atoms with E-state index in [0.717, 1.165) is 12.5 Å². The third-order valence-corrected chi connectivity index (χ3v) is 4.24. The Morgan fingerprint density at radius 3 is 2.58 bits per heavy atom. The molecule has 1 aliphatic carbocycles. The molecule has 112 valence electrons. The molecule has 0 aromatic carbocycles. The van der Waals surface area contributed by atoms with Crippen LogP contribution in [0.2, 0.25) is 0 Å². The molecule has 0 saturated carbocycles. The van der Waals surface area contributed by atoms with Crippen molar-refractivity contribution in [2.75, 3.05) is 27.8 Å². The molecular formula is C15H28BrNO2. The van der Waals surface area contributed by atoms with Gasteiger partial charge in [0.15, 0.2) is 0 Å². The van der Waals surface area contributed by atoms with Gasteiger partial charge in [-0.25, -0.2) is 0 Å². The molecule has 1 atom stereocenters. The van der Waals surface area contributed by atoms with Crippen LogP contribution < -0.4 is 0 Å². The fourth-order valence-corrected chi connectivity index (χ4v) is 2.51. The van der Waals surface area contributed by atoms with Crippen LogP contribution in [0.25, 0.3) is 0 Å². The van der Waals surface area contributed by atoms with Crippen molar-refractivity contribution in [2.24, 2.45) is 5.92 Å². The molecule has 4 heteroatoms. The molecule has 0 heterocycles. The molecule has 0 N–H and O–H groups in total. The first-order valence-corrected chi connectivity index (χ1v) is 7.80. The molecule has 0 aliphatic heterocycles. The van der Waals surface area contributed by atoms with Crippen LogP contribution in [0.4, 0.5) is 0 Å². The predicted octanol–water partition coefficient (Wildman–Crippen LogP) is 3.98. The number of allylic oxidation sites excluding steroid dienone is 2. The molecule has 1 rings (SSSR count). The summed E-state index contributed by atoms with van der Waals surface area (Å²) >= 11 is 3.65. The third kappa shape index (κ3) is 10.1. The van der Waals surface area contributed by atoms with E-state index in [1.54, 1.807) is 21.2 Å². The Bertz CT molecular complexity index is 277. The van der Waals surface area contributed by atoms with E-state index in [1.807, 2.05) is 0 Å². The van der Waals surface area contributed by atoms with Crippen LogP contribution in [0.5, 0.6) is 0 Å². The molecular weight excluding hydrogens is 306 g/mol. The van der Waals surface area contributed by atoms with E-state index >= 15 is 0 Å². The van der Waals surface area contributed by atoms with Gasteiger partial charge in [0.2, 0.25) is 5.91 Å². The number of nitrogens with zero attached hydrogens (tertiary/aromatic N) is 1. The maximum atomic E-state index is 10.1. The minimum atomic E-state index is 0.0926. The Kier molecular flexibility index (Phi) is 11.3. The summed E-state index contributed by atoms with van der Waals surface area (Å²) in [5, 5.41) is 0. The first-order chi connectivity index (χ1) is 8.99. The summed E-state index contributed by atoms with van der Waals surface area (Å²) in [5.41, 5.74) is 0. The van der Waals surface area contributed by atoms with E-state index in [4.69, 9.17) is 4.74 Å². The minimum absolute atomic E-state index is 0.0926. The molecule has 3 nitrogen and oxygen atoms in total. The molecule has 0 radical (unpaired) electrons. The third-order valence-electron chi connectivity index (χ3n) is 3.27. The van der Waals surface area contributed by atoms with Crippen LogP contribution in [0, 0.1) is 5.92 Å². The van der Waals surface area contributed by atoms with Gasteiger partial charge in [0, 0.05) is 34.7 Å². The number of hydrogen-bond donors (Lipinski definition) is 0. The van der Waals surface area contributed by atoms with Crippen molar-refractivity contribution in [2.45, 2.75) is 45.4 Å². The molecule has 0 spiro atoms. The van der Waals surface area contributed by atoms with Gasteiger partial charge in [-0.1, -0.05) is 28.4 Å². The van der Waals surface area contributed by atoms with E-state index in [-0.39, 0.29) is 5.91 Å². The Morgan fingerprint density at radius 1 is 1.47 bits per heavy atom. The fraction of sp³-hybridized carbons (Fsp3) is 0.800. The molecule has 0 aromatic rings. The second-order valence-corrected chi connectivity index (χ2v) is 6.03. The summed E-state index contributed by atoms with van der Waals surface area (Å²) < 4.78 is 6.47. The Balaban J connectivity index is 0.000000459. The summed E-state index contributed by atoms with van der Waals surface area (Å²) in [6, 6.07) is 0. The SMILES string of the molecule is CC(=O)N(C)C.COCCCC[C@H]1CCCC=C1Br. The Hall–Kier alpha value is -0.350. The number of rotatable bonds is 5. The van der Waals surface area contributed by atoms with Crippen molar-refractivity contribution in [1.29, 1.82) is 0 Å². The zero-order chi connectivity index (χ0) is 14.7. The Morgan fingerprint density at radius 2 is 2.11 bits per heavy atom. The van der Waals surface area contributed by atoms with E-state index in [2.05, 4.69) is 22.0 Å². The van der Waals surface area contributed by atoms with E-state index in [1.165, 1.54) is 54.8 Å². The Labute approximate surface area is 126 Å². The van der Waals surface area contributed by atoms with Gasteiger partial charge < -0.3 is 9.64 Å². The van der Waals surface area contributed by atoms with Gasteiger partial charge in [0.05, 0.1) is 0 Å². The highest BCUT2D eigenvalue weighted by Crippen LogP contribution is 2.32. The maximum Gasteiger partial charge on any atom is 0.218 e. The molecule has 1 amide bonds. The van der Waals surface area contributed by atoms with E-state index in [0.29, 0.717) is 0 Å². The fourth-order valence-electron chi connectivity index (χ4n) is 1.83. The summed E-state index contributed by atoms with van der Waals surface area (Å²) in [6.07, 6.45) is 10.1. The molecule has 0 unspecified atom stereocenters. The summed E-state index contributed by atoms with van der Waals surface area (Å²) in [5.74, 6) is 0.889. The van der Waals surface area contributed by atoms with Crippen molar-refractivity contribution >= 4 is 21.8 Å². The van der Waals surface area contributed by atoms with Crippen molar-refractivity contribution in [3.8, 4) is 0 Å². The van der Waals surface area contributed by atoms with Crippen molar-refractivity contribution < 1.29 is 9.53 Å². The van der Waals surface area contributed by atoms with Crippen LogP contribution in [0.15, 0.2) is 10.6 Å². The van der Waals surface area contributed by atoms with Crippen molar-refractivity contribution in [1.82, 2.24) is 4.90 Å². The predicted molar refractivity (Wildman–Crippen MR) is 84.4 cm³/mol. The van der Waals surface area contributed by atoms with Crippen LogP contribution in [-0.4, -0.2) is 38.6 Å². The van der Waals surface area contributed by atoms with Crippen molar-refractivity contribution in [3.05, 3.63) is 10.6 Å². The van der Waals surface area contributed by atoms with Gasteiger partial charge in [-0.2, -0.15) is 0 Å². The lowest BCUT2D eigenvalue weighted by Gasteiger charge is -2.20. The van der Waals surface area contributed by atoms with Crippen LogP contribution in [-0.2, 0) is 9.53 Å². The molecule has 0 fully saturated rings. The number of unbranched alkanes of at least 4 members (excludes halogenated alkanes) is 1. The molecule has 0 saturated heterocycles. The first-order valence-electron chi connectivity index (χ1n) is 7.01. The van der Waals surface area contributed by atoms with Crippen LogP contribution in [0.1, 0.15) is 45.4 Å². The number of carbonyl (C=O) groups is 1. The number of ether oxygens (including phenoxy) is 1. The monoisotopic (exact) mass is 333 g/mol. The largest absolute Gasteiger partial charge is 0.385 e. The van der Waals surface area contributed by atoms with Crippen LogP contribution in [0.3, 0.4) is 0 Å². The normalized spacial score (nSPS) is 18.2. The van der Waals surface area contributed by atoms with E-state index < -0.39 is 0 Å². The zero-order valence-corrected chi connectivity index (χ0v) is 14.3. The number of hydrogen-bond acceptors (Lipinski definition) is 2. The van der Waals surface area contributed by atoms with E-state index in [9.17, 15) is 4.79 Å². The number of amides is 1. The smallest absolute Gasteiger partial charge is 0.218 e. The van der Waals surface area contributed by atoms with Gasteiger partial charge in [0.1, 0.15) is 0 Å². The second-order valence-electron chi connectivity index (χ2n) is 5.12. The molecule has 0 aromatic heterocycles. The highest BCUT2D eigenvalue weighted by molar-refractivity contribution is 9.11. The topological polar surface area (TPSA) is 29.5 Å². The van der Waals surface area contributed by atoms with Crippen LogP contribution >= 0.6 is 15.9 Å². The van der Waals surface area contributed by atoms with Gasteiger partial charge >= 0.3 is 0 Å². The lowest BCUT2D eigenvalue weighted by molar-refractivity contribution is -0.126. The molecule has 0 bridgehead atoms. The first kappa shape index (κ1) is 18.7. The molecule has 19 heavy (non-hydrogen) atoms. The number of halogens is 1. The second kappa shape index (κ2) is 11.5. The quantitative estimate of drug-likeness (QED) is 0.712. The highest BCUT2D eigenvalue weighted by Gasteiger charge is 2.14. The van der Waals surface area contributed by atoms with Crippen molar-refractivity contribution in [3.63, 3.8) is 0 Å². The summed E-state index contributed by atoms with van der Waals surface area (Å²) in [7, 11) is 5.22.